The molecule has 1 aromatic heterocycles. The third-order valence-corrected chi connectivity index (χ3v) is 3.31. The fraction of sp³-hybridized carbons (Fsp3) is 0.0769. The molecule has 0 amide bonds. The van der Waals surface area contributed by atoms with Crippen LogP contribution in [0.15, 0.2) is 52.5 Å². The molecule has 2 aromatic rings. The number of benzene rings is 1. The van der Waals surface area contributed by atoms with Crippen LogP contribution in [-0.2, 0) is 6.18 Å². The molecule has 0 aliphatic rings. The van der Waals surface area contributed by atoms with Gasteiger partial charge in [-0.1, -0.05) is 17.8 Å². The van der Waals surface area contributed by atoms with Crippen LogP contribution in [0, 0.1) is 0 Å². The summed E-state index contributed by atoms with van der Waals surface area (Å²) in [6.07, 6.45) is -3.66. The highest BCUT2D eigenvalue weighted by molar-refractivity contribution is 7.99. The summed E-state index contributed by atoms with van der Waals surface area (Å²) in [5.41, 5.74) is -0.706. The Morgan fingerprint density at radius 3 is 2.50 bits per heavy atom. The molecule has 0 saturated carbocycles. The van der Waals surface area contributed by atoms with Crippen LogP contribution in [0.2, 0.25) is 0 Å². The number of carboxylic acids is 1. The van der Waals surface area contributed by atoms with E-state index in [9.17, 15) is 18.0 Å². The summed E-state index contributed by atoms with van der Waals surface area (Å²) >= 11 is 1.10. The van der Waals surface area contributed by atoms with Gasteiger partial charge in [0.2, 0.25) is 0 Å². The van der Waals surface area contributed by atoms with Crippen molar-refractivity contribution in [3.05, 3.63) is 53.7 Å². The molecule has 3 nitrogen and oxygen atoms in total. The number of aromatic carboxylic acids is 1. The maximum atomic E-state index is 12.4. The highest BCUT2D eigenvalue weighted by Gasteiger charge is 2.30. The highest BCUT2D eigenvalue weighted by Crippen LogP contribution is 2.31. The fourth-order valence-corrected chi connectivity index (χ4v) is 2.24. The normalized spacial score (nSPS) is 11.3. The Morgan fingerprint density at radius 2 is 1.95 bits per heavy atom. The first kappa shape index (κ1) is 14.4. The molecule has 7 heteroatoms. The molecule has 0 spiro atoms. The van der Waals surface area contributed by atoms with E-state index in [1.807, 2.05) is 0 Å². The zero-order valence-electron chi connectivity index (χ0n) is 9.89. The zero-order valence-corrected chi connectivity index (χ0v) is 10.7. The third kappa shape index (κ3) is 3.51. The SMILES string of the molecule is O=C(O)c1cccc(Sc2ccc(C(F)(F)F)cn2)c1. The first-order valence-corrected chi connectivity index (χ1v) is 6.22. The molecule has 0 unspecified atom stereocenters. The van der Waals surface area contributed by atoms with Crippen molar-refractivity contribution in [1.82, 2.24) is 4.98 Å². The number of hydrogen-bond donors (Lipinski definition) is 1. The van der Waals surface area contributed by atoms with Gasteiger partial charge in [0, 0.05) is 11.1 Å². The summed E-state index contributed by atoms with van der Waals surface area (Å²) < 4.78 is 37.1. The monoisotopic (exact) mass is 299 g/mol. The van der Waals surface area contributed by atoms with E-state index in [1.165, 1.54) is 18.2 Å². The van der Waals surface area contributed by atoms with Gasteiger partial charge in [0.1, 0.15) is 5.03 Å². The number of rotatable bonds is 3. The maximum Gasteiger partial charge on any atom is 0.417 e. The van der Waals surface area contributed by atoms with E-state index in [0.29, 0.717) is 9.92 Å². The molecular formula is C13H8F3NO2S. The van der Waals surface area contributed by atoms with Crippen molar-refractivity contribution in [2.75, 3.05) is 0 Å². The summed E-state index contributed by atoms with van der Waals surface area (Å²) in [5, 5.41) is 9.21. The Balaban J connectivity index is 2.18. The van der Waals surface area contributed by atoms with Gasteiger partial charge in [-0.15, -0.1) is 0 Å². The molecular weight excluding hydrogens is 291 g/mol. The molecule has 1 N–H and O–H groups in total. The van der Waals surface area contributed by atoms with Crippen LogP contribution in [-0.4, -0.2) is 16.1 Å². The van der Waals surface area contributed by atoms with Gasteiger partial charge in [-0.2, -0.15) is 13.2 Å². The van der Waals surface area contributed by atoms with Gasteiger partial charge < -0.3 is 5.11 Å². The minimum Gasteiger partial charge on any atom is -0.478 e. The molecule has 1 heterocycles. The molecule has 0 saturated heterocycles. The summed E-state index contributed by atoms with van der Waals surface area (Å²) in [4.78, 5) is 15.1. The van der Waals surface area contributed by atoms with E-state index in [2.05, 4.69) is 4.98 Å². The first-order chi connectivity index (χ1) is 9.36. The number of carbonyl (C=O) groups is 1. The van der Waals surface area contributed by atoms with Gasteiger partial charge >= 0.3 is 12.1 Å². The van der Waals surface area contributed by atoms with Crippen molar-refractivity contribution in [1.29, 1.82) is 0 Å². The lowest BCUT2D eigenvalue weighted by molar-refractivity contribution is -0.137. The smallest absolute Gasteiger partial charge is 0.417 e. The van der Waals surface area contributed by atoms with Crippen LogP contribution in [0.5, 0.6) is 0 Å². The van der Waals surface area contributed by atoms with E-state index in [-0.39, 0.29) is 5.56 Å². The van der Waals surface area contributed by atoms with Gasteiger partial charge in [-0.05, 0) is 30.3 Å². The van der Waals surface area contributed by atoms with Crippen molar-refractivity contribution < 1.29 is 23.1 Å². The van der Waals surface area contributed by atoms with Crippen molar-refractivity contribution in [2.45, 2.75) is 16.1 Å². The topological polar surface area (TPSA) is 50.2 Å². The van der Waals surface area contributed by atoms with Crippen molar-refractivity contribution >= 4 is 17.7 Å². The number of hydrogen-bond acceptors (Lipinski definition) is 3. The average Bonchev–Trinajstić information content (AvgIpc) is 2.38. The largest absolute Gasteiger partial charge is 0.478 e. The van der Waals surface area contributed by atoms with Crippen LogP contribution in [0.3, 0.4) is 0 Å². The second-order valence-electron chi connectivity index (χ2n) is 3.82. The molecule has 1 aromatic carbocycles. The molecule has 104 valence electrons. The second kappa shape index (κ2) is 5.54. The van der Waals surface area contributed by atoms with E-state index < -0.39 is 17.7 Å². The predicted octanol–water partition coefficient (Wildman–Crippen LogP) is 3.95. The maximum absolute atomic E-state index is 12.4. The summed E-state index contributed by atoms with van der Waals surface area (Å²) in [6, 6.07) is 8.29. The van der Waals surface area contributed by atoms with Gasteiger partial charge in [-0.25, -0.2) is 9.78 Å². The second-order valence-corrected chi connectivity index (χ2v) is 4.91. The summed E-state index contributed by atoms with van der Waals surface area (Å²) in [7, 11) is 0. The van der Waals surface area contributed by atoms with Gasteiger partial charge in [-0.3, -0.25) is 0 Å². The molecule has 2 rings (SSSR count). The Labute approximate surface area is 116 Å². The molecule has 0 aliphatic carbocycles. The highest BCUT2D eigenvalue weighted by atomic mass is 32.2. The fourth-order valence-electron chi connectivity index (χ4n) is 1.42. The minimum atomic E-state index is -4.42. The van der Waals surface area contributed by atoms with E-state index in [4.69, 9.17) is 5.11 Å². The lowest BCUT2D eigenvalue weighted by atomic mass is 10.2. The Morgan fingerprint density at radius 1 is 1.20 bits per heavy atom. The zero-order chi connectivity index (χ0) is 14.8. The molecule has 0 radical (unpaired) electrons. The van der Waals surface area contributed by atoms with Crippen molar-refractivity contribution in [2.24, 2.45) is 0 Å². The van der Waals surface area contributed by atoms with E-state index in [1.54, 1.807) is 12.1 Å². The van der Waals surface area contributed by atoms with Gasteiger partial charge in [0.05, 0.1) is 11.1 Å². The Bertz CT molecular complexity index is 626. The third-order valence-electron chi connectivity index (χ3n) is 2.37. The summed E-state index contributed by atoms with van der Waals surface area (Å²) in [6.45, 7) is 0. The number of nitrogens with zero attached hydrogens (tertiary/aromatic N) is 1. The number of aromatic nitrogens is 1. The number of halogens is 3. The quantitative estimate of drug-likeness (QED) is 0.932. The molecule has 20 heavy (non-hydrogen) atoms. The molecule has 0 atom stereocenters. The lowest BCUT2D eigenvalue weighted by Crippen LogP contribution is -2.05. The van der Waals surface area contributed by atoms with Crippen molar-refractivity contribution in [3.8, 4) is 0 Å². The average molecular weight is 299 g/mol. The van der Waals surface area contributed by atoms with Gasteiger partial charge in [0.15, 0.2) is 0 Å². The summed E-state index contributed by atoms with van der Waals surface area (Å²) in [5.74, 6) is -1.06. The van der Waals surface area contributed by atoms with E-state index in [0.717, 1.165) is 24.0 Å². The minimum absolute atomic E-state index is 0.113. The molecule has 0 aliphatic heterocycles. The molecule has 0 bridgehead atoms. The van der Waals surface area contributed by atoms with Crippen LogP contribution in [0.25, 0.3) is 0 Å². The van der Waals surface area contributed by atoms with Crippen molar-refractivity contribution in [3.63, 3.8) is 0 Å². The van der Waals surface area contributed by atoms with Crippen LogP contribution < -0.4 is 0 Å². The van der Waals surface area contributed by atoms with Crippen LogP contribution in [0.1, 0.15) is 15.9 Å². The number of carboxylic acid groups (broad SMARTS) is 1. The standard InChI is InChI=1S/C13H8F3NO2S/c14-13(15,16)9-4-5-11(17-7-9)20-10-3-1-2-8(6-10)12(18)19/h1-7H,(H,18,19). The van der Waals surface area contributed by atoms with Gasteiger partial charge in [0.25, 0.3) is 0 Å². The number of alkyl halides is 3. The van der Waals surface area contributed by atoms with Crippen LogP contribution in [0.4, 0.5) is 13.2 Å². The first-order valence-electron chi connectivity index (χ1n) is 5.41. The molecule has 0 fully saturated rings. The lowest BCUT2D eigenvalue weighted by Gasteiger charge is -2.07. The van der Waals surface area contributed by atoms with E-state index >= 15 is 0 Å². The Kier molecular flexibility index (Phi) is 3.99. The Hall–Kier alpha value is -2.02. The predicted molar refractivity (Wildman–Crippen MR) is 66.8 cm³/mol. The van der Waals surface area contributed by atoms with Crippen LogP contribution >= 0.6 is 11.8 Å². The number of pyridine rings is 1.